The van der Waals surface area contributed by atoms with Crippen LogP contribution in [0.1, 0.15) is 23.7 Å². The molecule has 17 heavy (non-hydrogen) atoms. The van der Waals surface area contributed by atoms with Gasteiger partial charge >= 0.3 is 0 Å². The number of aliphatic hydroxyl groups excluding tert-OH is 1. The van der Waals surface area contributed by atoms with E-state index in [1.807, 2.05) is 13.0 Å². The van der Waals surface area contributed by atoms with E-state index < -0.39 is 0 Å². The Morgan fingerprint density at radius 3 is 2.71 bits per heavy atom. The van der Waals surface area contributed by atoms with Crippen molar-refractivity contribution in [2.45, 2.75) is 13.3 Å². The summed E-state index contributed by atoms with van der Waals surface area (Å²) >= 11 is 0. The smallest absolute Gasteiger partial charge is 0.256 e. The maximum absolute atomic E-state index is 12.2. The molecule has 1 amide bonds. The van der Waals surface area contributed by atoms with Crippen molar-refractivity contribution in [3.63, 3.8) is 0 Å². The molecule has 94 valence electrons. The number of rotatable bonds is 6. The summed E-state index contributed by atoms with van der Waals surface area (Å²) in [5.74, 6) is 5.25. The highest BCUT2D eigenvalue weighted by molar-refractivity contribution is 5.99. The van der Waals surface area contributed by atoms with Crippen molar-refractivity contribution in [2.75, 3.05) is 25.1 Å². The zero-order valence-electron chi connectivity index (χ0n) is 10.0. The lowest BCUT2D eigenvalue weighted by atomic mass is 10.1. The minimum atomic E-state index is -0.116. The van der Waals surface area contributed by atoms with Crippen LogP contribution >= 0.6 is 0 Å². The maximum atomic E-state index is 12.2. The molecule has 0 aliphatic heterocycles. The number of nitrogens with two attached hydrogens (primary N) is 1. The average Bonchev–Trinajstić information content (AvgIpc) is 2.37. The van der Waals surface area contributed by atoms with E-state index in [0.29, 0.717) is 24.3 Å². The van der Waals surface area contributed by atoms with Gasteiger partial charge in [0.15, 0.2) is 0 Å². The molecule has 0 aliphatic rings. The van der Waals surface area contributed by atoms with Crippen LogP contribution in [0.4, 0.5) is 5.69 Å². The van der Waals surface area contributed by atoms with Gasteiger partial charge < -0.3 is 15.4 Å². The number of hydrogen-bond donors (Lipinski definition) is 3. The Labute approximate surface area is 101 Å². The first kappa shape index (κ1) is 13.5. The molecule has 4 N–H and O–H groups in total. The van der Waals surface area contributed by atoms with Crippen molar-refractivity contribution in [1.82, 2.24) is 4.90 Å². The quantitative estimate of drug-likeness (QED) is 0.505. The van der Waals surface area contributed by atoms with E-state index in [2.05, 4.69) is 5.43 Å². The van der Waals surface area contributed by atoms with Gasteiger partial charge in [0.05, 0.1) is 17.9 Å². The van der Waals surface area contributed by atoms with Gasteiger partial charge in [-0.2, -0.15) is 0 Å². The third-order valence-electron chi connectivity index (χ3n) is 2.46. The molecule has 0 aliphatic carbocycles. The third-order valence-corrected chi connectivity index (χ3v) is 2.46. The molecule has 5 heteroatoms. The number of para-hydroxylation sites is 1. The number of nitrogen functional groups attached to an aromatic ring is 1. The lowest BCUT2D eigenvalue weighted by molar-refractivity contribution is 0.0723. The van der Waals surface area contributed by atoms with E-state index in [1.54, 1.807) is 23.1 Å². The number of hydrogen-bond acceptors (Lipinski definition) is 4. The van der Waals surface area contributed by atoms with E-state index in [4.69, 9.17) is 10.9 Å². The summed E-state index contributed by atoms with van der Waals surface area (Å²) in [7, 11) is 0. The summed E-state index contributed by atoms with van der Waals surface area (Å²) in [6.07, 6.45) is 0.851. The van der Waals surface area contributed by atoms with Gasteiger partial charge in [0.1, 0.15) is 0 Å². The number of nitrogens with zero attached hydrogens (tertiary/aromatic N) is 1. The van der Waals surface area contributed by atoms with Gasteiger partial charge in [0.2, 0.25) is 0 Å². The van der Waals surface area contributed by atoms with Crippen molar-refractivity contribution < 1.29 is 9.90 Å². The predicted molar refractivity (Wildman–Crippen MR) is 67.5 cm³/mol. The Morgan fingerprint density at radius 2 is 2.12 bits per heavy atom. The van der Waals surface area contributed by atoms with Crippen LogP contribution in [-0.4, -0.2) is 35.6 Å². The number of carbonyl (C=O) groups is 1. The van der Waals surface area contributed by atoms with Crippen molar-refractivity contribution in [1.29, 1.82) is 0 Å². The van der Waals surface area contributed by atoms with Gasteiger partial charge in [-0.15, -0.1) is 0 Å². The number of nitrogens with one attached hydrogen (secondary N) is 1. The summed E-state index contributed by atoms with van der Waals surface area (Å²) in [6.45, 7) is 2.92. The highest BCUT2D eigenvalue weighted by atomic mass is 16.3. The number of benzene rings is 1. The molecule has 0 radical (unpaired) electrons. The Morgan fingerprint density at radius 1 is 1.41 bits per heavy atom. The van der Waals surface area contributed by atoms with Gasteiger partial charge in [-0.05, 0) is 18.6 Å². The van der Waals surface area contributed by atoms with Gasteiger partial charge in [-0.1, -0.05) is 19.1 Å². The van der Waals surface area contributed by atoms with E-state index >= 15 is 0 Å². The molecule has 0 unspecified atom stereocenters. The second-order valence-electron chi connectivity index (χ2n) is 3.71. The van der Waals surface area contributed by atoms with Crippen LogP contribution < -0.4 is 11.3 Å². The second kappa shape index (κ2) is 6.88. The SMILES string of the molecule is CCCN(CCO)C(=O)c1ccccc1NN. The first-order chi connectivity index (χ1) is 8.24. The van der Waals surface area contributed by atoms with Gasteiger partial charge in [-0.25, -0.2) is 0 Å². The van der Waals surface area contributed by atoms with Crippen LogP contribution in [0.5, 0.6) is 0 Å². The zero-order chi connectivity index (χ0) is 12.7. The van der Waals surface area contributed by atoms with E-state index in [0.717, 1.165) is 6.42 Å². The number of anilines is 1. The summed E-state index contributed by atoms with van der Waals surface area (Å²) in [6, 6.07) is 7.06. The molecule has 0 saturated carbocycles. The Hall–Kier alpha value is -1.59. The third kappa shape index (κ3) is 3.44. The fourth-order valence-corrected chi connectivity index (χ4v) is 1.67. The fraction of sp³-hybridized carbons (Fsp3) is 0.417. The fourth-order valence-electron chi connectivity index (χ4n) is 1.67. The number of carbonyl (C=O) groups excluding carboxylic acids is 1. The lowest BCUT2D eigenvalue weighted by Crippen LogP contribution is -2.34. The molecule has 1 aromatic rings. The number of aliphatic hydroxyl groups is 1. The van der Waals surface area contributed by atoms with E-state index in [1.165, 1.54) is 0 Å². The molecule has 0 heterocycles. The van der Waals surface area contributed by atoms with Crippen molar-refractivity contribution in [3.05, 3.63) is 29.8 Å². The van der Waals surface area contributed by atoms with Crippen LogP contribution in [0.2, 0.25) is 0 Å². The van der Waals surface area contributed by atoms with E-state index in [-0.39, 0.29) is 12.5 Å². The van der Waals surface area contributed by atoms with Crippen molar-refractivity contribution in [2.24, 2.45) is 5.84 Å². The Balaban J connectivity index is 2.92. The van der Waals surface area contributed by atoms with Crippen molar-refractivity contribution in [3.8, 4) is 0 Å². The molecule has 1 aromatic carbocycles. The summed E-state index contributed by atoms with van der Waals surface area (Å²) in [5.41, 5.74) is 3.62. The standard InChI is InChI=1S/C12H19N3O2/c1-2-7-15(8-9-16)12(17)10-5-3-4-6-11(10)14-13/h3-6,14,16H,2,7-9,13H2,1H3. The van der Waals surface area contributed by atoms with Crippen LogP contribution in [0, 0.1) is 0 Å². The number of amides is 1. The lowest BCUT2D eigenvalue weighted by Gasteiger charge is -2.22. The highest BCUT2D eigenvalue weighted by Crippen LogP contribution is 2.16. The van der Waals surface area contributed by atoms with Gasteiger partial charge in [0, 0.05) is 13.1 Å². The second-order valence-corrected chi connectivity index (χ2v) is 3.71. The molecule has 0 aromatic heterocycles. The summed E-state index contributed by atoms with van der Waals surface area (Å²) in [5, 5.41) is 8.95. The minimum absolute atomic E-state index is 0.0377. The minimum Gasteiger partial charge on any atom is -0.395 e. The largest absolute Gasteiger partial charge is 0.395 e. The molecule has 5 nitrogen and oxygen atoms in total. The van der Waals surface area contributed by atoms with E-state index in [9.17, 15) is 4.79 Å². The van der Waals surface area contributed by atoms with Crippen LogP contribution in [0.3, 0.4) is 0 Å². The highest BCUT2D eigenvalue weighted by Gasteiger charge is 2.17. The Bertz CT molecular complexity index is 363. The summed E-state index contributed by atoms with van der Waals surface area (Å²) < 4.78 is 0. The molecule has 0 atom stereocenters. The summed E-state index contributed by atoms with van der Waals surface area (Å²) in [4.78, 5) is 13.8. The monoisotopic (exact) mass is 237 g/mol. The van der Waals surface area contributed by atoms with Crippen LogP contribution in [0.25, 0.3) is 0 Å². The molecule has 0 saturated heterocycles. The molecule has 0 fully saturated rings. The molecule has 1 rings (SSSR count). The first-order valence-corrected chi connectivity index (χ1v) is 5.70. The Kier molecular flexibility index (Phi) is 5.45. The first-order valence-electron chi connectivity index (χ1n) is 5.70. The van der Waals surface area contributed by atoms with Crippen LogP contribution in [0.15, 0.2) is 24.3 Å². The molecular weight excluding hydrogens is 218 g/mol. The van der Waals surface area contributed by atoms with Gasteiger partial charge in [-0.3, -0.25) is 10.6 Å². The maximum Gasteiger partial charge on any atom is 0.256 e. The predicted octanol–water partition coefficient (Wildman–Crippen LogP) is 0.817. The van der Waals surface area contributed by atoms with Gasteiger partial charge in [0.25, 0.3) is 5.91 Å². The molecule has 0 bridgehead atoms. The van der Waals surface area contributed by atoms with Crippen LogP contribution in [-0.2, 0) is 0 Å². The molecule has 0 spiro atoms. The average molecular weight is 237 g/mol. The van der Waals surface area contributed by atoms with Crippen molar-refractivity contribution >= 4 is 11.6 Å². The number of hydrazine groups is 1. The normalized spacial score (nSPS) is 10.1. The topological polar surface area (TPSA) is 78.6 Å². The zero-order valence-corrected chi connectivity index (χ0v) is 10.0. The molecular formula is C12H19N3O2.